The van der Waals surface area contributed by atoms with Gasteiger partial charge in [0, 0.05) is 6.54 Å². The molecule has 19 heavy (non-hydrogen) atoms. The van der Waals surface area contributed by atoms with Crippen molar-refractivity contribution in [2.75, 3.05) is 4.72 Å². The van der Waals surface area contributed by atoms with Crippen molar-refractivity contribution in [3.8, 4) is 0 Å². The molecule has 0 amide bonds. The zero-order valence-corrected chi connectivity index (χ0v) is 11.2. The highest BCUT2D eigenvalue weighted by molar-refractivity contribution is 7.92. The number of sulfonamides is 1. The average Bonchev–Trinajstić information content (AvgIpc) is 2.39. The molecule has 1 aromatic heterocycles. The quantitative estimate of drug-likeness (QED) is 0.871. The average molecular weight is 278 g/mol. The molecule has 7 heteroatoms. The Balaban J connectivity index is 2.40. The predicted octanol–water partition coefficient (Wildman–Crippen LogP) is 1.04. The van der Waals surface area contributed by atoms with Crippen LogP contribution in [0.25, 0.3) is 0 Å². The van der Waals surface area contributed by atoms with Gasteiger partial charge in [0.15, 0.2) is 0 Å². The van der Waals surface area contributed by atoms with Gasteiger partial charge in [-0.1, -0.05) is 12.1 Å². The van der Waals surface area contributed by atoms with E-state index in [0.717, 1.165) is 5.56 Å². The van der Waals surface area contributed by atoms with Gasteiger partial charge in [-0.25, -0.2) is 18.4 Å². The van der Waals surface area contributed by atoms with Gasteiger partial charge in [-0.15, -0.1) is 0 Å². The van der Waals surface area contributed by atoms with E-state index in [1.54, 1.807) is 25.1 Å². The zero-order chi connectivity index (χ0) is 13.9. The summed E-state index contributed by atoms with van der Waals surface area (Å²) >= 11 is 0. The second kappa shape index (κ2) is 5.33. The standard InChI is InChI=1S/C12H14N4O2S/c1-9-10(5-13)3-2-4-12(9)19(17,18)16-11-6-14-8-15-7-11/h2-4,6-8,16H,5,13H2,1H3. The highest BCUT2D eigenvalue weighted by atomic mass is 32.2. The first-order valence-electron chi connectivity index (χ1n) is 5.61. The van der Waals surface area contributed by atoms with Crippen LogP contribution in [0.1, 0.15) is 11.1 Å². The van der Waals surface area contributed by atoms with Crippen LogP contribution in [-0.4, -0.2) is 18.4 Å². The molecule has 100 valence electrons. The molecule has 1 aromatic carbocycles. The van der Waals surface area contributed by atoms with Crippen LogP contribution in [0.4, 0.5) is 5.69 Å². The summed E-state index contributed by atoms with van der Waals surface area (Å²) in [6.07, 6.45) is 4.12. The van der Waals surface area contributed by atoms with Crippen LogP contribution in [0.5, 0.6) is 0 Å². The molecule has 2 rings (SSSR count). The molecule has 0 atom stereocenters. The van der Waals surface area contributed by atoms with Crippen molar-refractivity contribution in [1.29, 1.82) is 0 Å². The molecule has 1 heterocycles. The monoisotopic (exact) mass is 278 g/mol. The topological polar surface area (TPSA) is 98.0 Å². The van der Waals surface area contributed by atoms with Crippen molar-refractivity contribution >= 4 is 15.7 Å². The van der Waals surface area contributed by atoms with Crippen molar-refractivity contribution < 1.29 is 8.42 Å². The van der Waals surface area contributed by atoms with E-state index in [9.17, 15) is 8.42 Å². The maximum Gasteiger partial charge on any atom is 0.262 e. The van der Waals surface area contributed by atoms with Crippen molar-refractivity contribution in [3.63, 3.8) is 0 Å². The van der Waals surface area contributed by atoms with Crippen LogP contribution in [0.2, 0.25) is 0 Å². The highest BCUT2D eigenvalue weighted by Gasteiger charge is 2.18. The lowest BCUT2D eigenvalue weighted by atomic mass is 10.1. The van der Waals surface area contributed by atoms with E-state index in [0.29, 0.717) is 17.8 Å². The summed E-state index contributed by atoms with van der Waals surface area (Å²) in [5.41, 5.74) is 7.35. The van der Waals surface area contributed by atoms with Gasteiger partial charge in [0.25, 0.3) is 10.0 Å². The minimum Gasteiger partial charge on any atom is -0.326 e. The number of hydrogen-bond donors (Lipinski definition) is 2. The summed E-state index contributed by atoms with van der Waals surface area (Å²) in [5.74, 6) is 0. The molecule has 0 saturated heterocycles. The third-order valence-electron chi connectivity index (χ3n) is 2.72. The summed E-state index contributed by atoms with van der Waals surface area (Å²) in [4.78, 5) is 7.73. The third kappa shape index (κ3) is 2.88. The second-order valence-electron chi connectivity index (χ2n) is 3.98. The first kappa shape index (κ1) is 13.4. The van der Waals surface area contributed by atoms with Crippen LogP contribution in [0.15, 0.2) is 41.8 Å². The first-order chi connectivity index (χ1) is 9.04. The molecule has 0 saturated carbocycles. The smallest absolute Gasteiger partial charge is 0.262 e. The summed E-state index contributed by atoms with van der Waals surface area (Å²) in [5, 5.41) is 0. The van der Waals surface area contributed by atoms with E-state index < -0.39 is 10.0 Å². The Morgan fingerprint density at radius 1 is 1.26 bits per heavy atom. The van der Waals surface area contributed by atoms with E-state index in [4.69, 9.17) is 5.73 Å². The minimum absolute atomic E-state index is 0.208. The lowest BCUT2D eigenvalue weighted by molar-refractivity contribution is 0.600. The fourth-order valence-electron chi connectivity index (χ4n) is 1.73. The molecule has 0 aliphatic heterocycles. The Kier molecular flexibility index (Phi) is 3.77. The summed E-state index contributed by atoms with van der Waals surface area (Å²) < 4.78 is 27.0. The maximum atomic E-state index is 12.3. The Morgan fingerprint density at radius 3 is 2.58 bits per heavy atom. The highest BCUT2D eigenvalue weighted by Crippen LogP contribution is 2.21. The molecule has 3 N–H and O–H groups in total. The lowest BCUT2D eigenvalue weighted by Crippen LogP contribution is -2.15. The van der Waals surface area contributed by atoms with E-state index in [1.165, 1.54) is 18.7 Å². The van der Waals surface area contributed by atoms with Crippen LogP contribution < -0.4 is 10.5 Å². The number of nitrogens with zero attached hydrogens (tertiary/aromatic N) is 2. The summed E-state index contributed by atoms with van der Waals surface area (Å²) in [6.45, 7) is 2.03. The number of nitrogens with two attached hydrogens (primary N) is 1. The van der Waals surface area contributed by atoms with Crippen molar-refractivity contribution in [2.24, 2.45) is 5.73 Å². The summed E-state index contributed by atoms with van der Waals surface area (Å²) in [7, 11) is -3.66. The molecule has 6 nitrogen and oxygen atoms in total. The van der Waals surface area contributed by atoms with Gasteiger partial charge >= 0.3 is 0 Å². The Labute approximate surface area is 111 Å². The van der Waals surface area contributed by atoms with E-state index in [1.807, 2.05) is 0 Å². The fraction of sp³-hybridized carbons (Fsp3) is 0.167. The molecule has 0 aliphatic rings. The summed E-state index contributed by atoms with van der Waals surface area (Å²) in [6, 6.07) is 5.02. The van der Waals surface area contributed by atoms with Crippen LogP contribution in [0.3, 0.4) is 0 Å². The lowest BCUT2D eigenvalue weighted by Gasteiger charge is -2.12. The minimum atomic E-state index is -3.66. The molecule has 0 unspecified atom stereocenters. The Bertz CT molecular complexity index is 671. The van der Waals surface area contributed by atoms with Crippen molar-refractivity contribution in [1.82, 2.24) is 9.97 Å². The molecule has 0 spiro atoms. The van der Waals surface area contributed by atoms with Gasteiger partial charge in [-0.05, 0) is 24.1 Å². The van der Waals surface area contributed by atoms with E-state index in [2.05, 4.69) is 14.7 Å². The van der Waals surface area contributed by atoms with Crippen molar-refractivity contribution in [3.05, 3.63) is 48.0 Å². The fourth-order valence-corrected chi connectivity index (χ4v) is 3.05. The molecule has 0 bridgehead atoms. The SMILES string of the molecule is Cc1c(CN)cccc1S(=O)(=O)Nc1cncnc1. The first-order valence-corrected chi connectivity index (χ1v) is 7.09. The predicted molar refractivity (Wildman–Crippen MR) is 71.9 cm³/mol. The van der Waals surface area contributed by atoms with Gasteiger partial charge in [-0.2, -0.15) is 0 Å². The molecule has 0 aliphatic carbocycles. The molecule has 2 aromatic rings. The van der Waals surface area contributed by atoms with Gasteiger partial charge in [0.1, 0.15) is 6.33 Å². The normalized spacial score (nSPS) is 11.3. The number of anilines is 1. The van der Waals surface area contributed by atoms with Gasteiger partial charge in [-0.3, -0.25) is 4.72 Å². The molecular formula is C12H14N4O2S. The van der Waals surface area contributed by atoms with Crippen LogP contribution in [-0.2, 0) is 16.6 Å². The second-order valence-corrected chi connectivity index (χ2v) is 5.63. The van der Waals surface area contributed by atoms with Crippen LogP contribution in [0, 0.1) is 6.92 Å². The maximum absolute atomic E-state index is 12.3. The molecule has 0 radical (unpaired) electrons. The Morgan fingerprint density at radius 2 is 1.95 bits per heavy atom. The zero-order valence-electron chi connectivity index (χ0n) is 10.4. The van der Waals surface area contributed by atoms with E-state index in [-0.39, 0.29) is 4.90 Å². The molecule has 0 fully saturated rings. The van der Waals surface area contributed by atoms with E-state index >= 15 is 0 Å². The Hall–Kier alpha value is -1.99. The van der Waals surface area contributed by atoms with Gasteiger partial charge < -0.3 is 5.73 Å². The van der Waals surface area contributed by atoms with Gasteiger partial charge in [0.2, 0.25) is 0 Å². The van der Waals surface area contributed by atoms with Crippen LogP contribution >= 0.6 is 0 Å². The number of hydrogen-bond acceptors (Lipinski definition) is 5. The largest absolute Gasteiger partial charge is 0.326 e. The number of benzene rings is 1. The van der Waals surface area contributed by atoms with Crippen molar-refractivity contribution in [2.45, 2.75) is 18.4 Å². The third-order valence-corrected chi connectivity index (χ3v) is 4.24. The number of rotatable bonds is 4. The van der Waals surface area contributed by atoms with Gasteiger partial charge in [0.05, 0.1) is 23.0 Å². The molecular weight excluding hydrogens is 264 g/mol. The number of aromatic nitrogens is 2. The number of nitrogens with one attached hydrogen (secondary N) is 1.